The third-order valence-electron chi connectivity index (χ3n) is 4.59. The smallest absolute Gasteiger partial charge is 0.272 e. The maximum atomic E-state index is 12.6. The van der Waals surface area contributed by atoms with Crippen molar-refractivity contribution in [2.75, 3.05) is 25.2 Å². The molecule has 1 atom stereocenters. The largest absolute Gasteiger partial charge is 0.454 e. The molecule has 1 aromatic carbocycles. The first-order valence-electron chi connectivity index (χ1n) is 8.61. The summed E-state index contributed by atoms with van der Waals surface area (Å²) in [6.07, 6.45) is 3.94. The number of carbonyl (C=O) groups excluding carboxylic acids is 1. The number of likely N-dealkylation sites (tertiary alicyclic amines) is 1. The Bertz CT molecular complexity index is 776. The molecule has 1 aromatic heterocycles. The molecule has 25 heavy (non-hydrogen) atoms. The van der Waals surface area contributed by atoms with Crippen molar-refractivity contribution in [1.29, 1.82) is 0 Å². The quantitative estimate of drug-likeness (QED) is 0.928. The standard InChI is InChI=1S/C19H21N3O3/c1-13-3-2-8-22(11-13)19(23)16-6-4-15(10-20-16)21-14-5-7-17-18(9-14)25-12-24-17/h4-7,9-10,13,21H,2-3,8,11-12H2,1H3. The number of benzene rings is 1. The molecule has 2 aromatic rings. The minimum atomic E-state index is 0.0150. The van der Waals surface area contributed by atoms with Crippen LogP contribution in [0.5, 0.6) is 11.5 Å². The van der Waals surface area contributed by atoms with Gasteiger partial charge in [-0.2, -0.15) is 0 Å². The van der Waals surface area contributed by atoms with E-state index in [1.165, 1.54) is 6.42 Å². The van der Waals surface area contributed by atoms with E-state index in [9.17, 15) is 4.79 Å². The molecule has 0 bridgehead atoms. The molecule has 4 rings (SSSR count). The molecule has 3 heterocycles. The first kappa shape index (κ1) is 15.7. The molecule has 1 N–H and O–H groups in total. The summed E-state index contributed by atoms with van der Waals surface area (Å²) in [5.74, 6) is 2.05. The Balaban J connectivity index is 1.44. The average molecular weight is 339 g/mol. The number of amides is 1. The lowest BCUT2D eigenvalue weighted by atomic mass is 10.00. The number of fused-ring (bicyclic) bond motifs is 1. The number of ether oxygens (including phenoxy) is 2. The minimum Gasteiger partial charge on any atom is -0.454 e. The molecule has 1 amide bonds. The summed E-state index contributed by atoms with van der Waals surface area (Å²) in [6.45, 7) is 4.08. The van der Waals surface area contributed by atoms with Gasteiger partial charge in [0.2, 0.25) is 6.79 Å². The van der Waals surface area contributed by atoms with Crippen LogP contribution in [-0.4, -0.2) is 35.7 Å². The highest BCUT2D eigenvalue weighted by Crippen LogP contribution is 2.35. The van der Waals surface area contributed by atoms with Gasteiger partial charge in [-0.1, -0.05) is 6.92 Å². The molecule has 0 radical (unpaired) electrons. The van der Waals surface area contributed by atoms with Crippen molar-refractivity contribution in [1.82, 2.24) is 9.88 Å². The van der Waals surface area contributed by atoms with Crippen LogP contribution in [0.1, 0.15) is 30.3 Å². The van der Waals surface area contributed by atoms with E-state index in [1.807, 2.05) is 29.2 Å². The van der Waals surface area contributed by atoms with Crippen LogP contribution >= 0.6 is 0 Å². The van der Waals surface area contributed by atoms with Crippen LogP contribution in [0.2, 0.25) is 0 Å². The fraction of sp³-hybridized carbons (Fsp3) is 0.368. The lowest BCUT2D eigenvalue weighted by Crippen LogP contribution is -2.39. The highest BCUT2D eigenvalue weighted by atomic mass is 16.7. The molecule has 130 valence electrons. The zero-order valence-electron chi connectivity index (χ0n) is 14.2. The van der Waals surface area contributed by atoms with Gasteiger partial charge >= 0.3 is 0 Å². The molecule has 6 heteroatoms. The maximum Gasteiger partial charge on any atom is 0.272 e. The molecular formula is C19H21N3O3. The minimum absolute atomic E-state index is 0.0150. The topological polar surface area (TPSA) is 63.7 Å². The molecule has 0 spiro atoms. The number of aromatic nitrogens is 1. The first-order valence-corrected chi connectivity index (χ1v) is 8.61. The molecule has 2 aliphatic heterocycles. The second kappa shape index (κ2) is 6.63. The van der Waals surface area contributed by atoms with E-state index in [-0.39, 0.29) is 12.7 Å². The summed E-state index contributed by atoms with van der Waals surface area (Å²) in [4.78, 5) is 18.8. The number of hydrogen-bond donors (Lipinski definition) is 1. The monoisotopic (exact) mass is 339 g/mol. The van der Waals surface area contributed by atoms with E-state index in [2.05, 4.69) is 17.2 Å². The number of nitrogens with zero attached hydrogens (tertiary/aromatic N) is 2. The Hall–Kier alpha value is -2.76. The highest BCUT2D eigenvalue weighted by molar-refractivity contribution is 5.92. The van der Waals surface area contributed by atoms with Crippen LogP contribution in [0.3, 0.4) is 0 Å². The molecular weight excluding hydrogens is 318 g/mol. The van der Waals surface area contributed by atoms with Crippen molar-refractivity contribution in [2.24, 2.45) is 5.92 Å². The van der Waals surface area contributed by atoms with Gasteiger partial charge in [0.05, 0.1) is 11.9 Å². The van der Waals surface area contributed by atoms with Crippen LogP contribution < -0.4 is 14.8 Å². The van der Waals surface area contributed by atoms with Crippen molar-refractivity contribution in [3.05, 3.63) is 42.2 Å². The lowest BCUT2D eigenvalue weighted by molar-refractivity contribution is 0.0677. The summed E-state index contributed by atoms with van der Waals surface area (Å²) >= 11 is 0. The summed E-state index contributed by atoms with van der Waals surface area (Å²) < 4.78 is 10.7. The van der Waals surface area contributed by atoms with E-state index in [1.54, 1.807) is 12.3 Å². The number of pyridine rings is 1. The number of nitrogens with one attached hydrogen (secondary N) is 1. The van der Waals surface area contributed by atoms with Gasteiger partial charge in [0.15, 0.2) is 11.5 Å². The van der Waals surface area contributed by atoms with E-state index in [0.717, 1.165) is 42.4 Å². The molecule has 0 saturated carbocycles. The predicted molar refractivity (Wildman–Crippen MR) is 94.4 cm³/mol. The van der Waals surface area contributed by atoms with Gasteiger partial charge in [0.1, 0.15) is 5.69 Å². The Morgan fingerprint density at radius 1 is 1.20 bits per heavy atom. The Morgan fingerprint density at radius 3 is 2.84 bits per heavy atom. The highest BCUT2D eigenvalue weighted by Gasteiger charge is 2.22. The fourth-order valence-electron chi connectivity index (χ4n) is 3.27. The van der Waals surface area contributed by atoms with Gasteiger partial charge in [-0.15, -0.1) is 0 Å². The second-order valence-corrected chi connectivity index (χ2v) is 6.62. The van der Waals surface area contributed by atoms with Crippen molar-refractivity contribution in [2.45, 2.75) is 19.8 Å². The number of carbonyl (C=O) groups is 1. The molecule has 0 aliphatic carbocycles. The zero-order valence-corrected chi connectivity index (χ0v) is 14.2. The molecule has 1 fully saturated rings. The Morgan fingerprint density at radius 2 is 2.04 bits per heavy atom. The van der Waals surface area contributed by atoms with Crippen LogP contribution in [-0.2, 0) is 0 Å². The number of rotatable bonds is 3. The van der Waals surface area contributed by atoms with Gasteiger partial charge in [-0.3, -0.25) is 4.79 Å². The number of piperidine rings is 1. The lowest BCUT2D eigenvalue weighted by Gasteiger charge is -2.30. The average Bonchev–Trinajstić information content (AvgIpc) is 3.09. The van der Waals surface area contributed by atoms with Crippen LogP contribution in [0.4, 0.5) is 11.4 Å². The van der Waals surface area contributed by atoms with Gasteiger partial charge < -0.3 is 19.7 Å². The van der Waals surface area contributed by atoms with Gasteiger partial charge in [0.25, 0.3) is 5.91 Å². The normalized spacial score (nSPS) is 18.9. The van der Waals surface area contributed by atoms with Crippen molar-refractivity contribution in [3.63, 3.8) is 0 Å². The van der Waals surface area contributed by atoms with E-state index in [0.29, 0.717) is 11.6 Å². The third-order valence-corrected chi connectivity index (χ3v) is 4.59. The molecule has 2 aliphatic rings. The fourth-order valence-corrected chi connectivity index (χ4v) is 3.27. The van der Waals surface area contributed by atoms with Gasteiger partial charge in [-0.25, -0.2) is 4.98 Å². The second-order valence-electron chi connectivity index (χ2n) is 6.62. The van der Waals surface area contributed by atoms with Crippen LogP contribution in [0, 0.1) is 5.92 Å². The van der Waals surface area contributed by atoms with Crippen molar-refractivity contribution < 1.29 is 14.3 Å². The molecule has 1 unspecified atom stereocenters. The summed E-state index contributed by atoms with van der Waals surface area (Å²) in [7, 11) is 0. The maximum absolute atomic E-state index is 12.6. The summed E-state index contributed by atoms with van der Waals surface area (Å²) in [5.41, 5.74) is 2.20. The van der Waals surface area contributed by atoms with Gasteiger partial charge in [-0.05, 0) is 43.0 Å². The summed E-state index contributed by atoms with van der Waals surface area (Å²) in [5, 5.41) is 3.26. The summed E-state index contributed by atoms with van der Waals surface area (Å²) in [6, 6.07) is 9.32. The van der Waals surface area contributed by atoms with E-state index < -0.39 is 0 Å². The first-order chi connectivity index (χ1) is 12.2. The van der Waals surface area contributed by atoms with Crippen molar-refractivity contribution in [3.8, 4) is 11.5 Å². The molecule has 1 saturated heterocycles. The van der Waals surface area contributed by atoms with Gasteiger partial charge in [0, 0.05) is 24.8 Å². The van der Waals surface area contributed by atoms with E-state index in [4.69, 9.17) is 9.47 Å². The number of hydrogen-bond acceptors (Lipinski definition) is 5. The number of anilines is 2. The Labute approximate surface area is 146 Å². The third kappa shape index (κ3) is 3.38. The predicted octanol–water partition coefficient (Wildman–Crippen LogP) is 3.43. The van der Waals surface area contributed by atoms with Crippen LogP contribution in [0.25, 0.3) is 0 Å². The van der Waals surface area contributed by atoms with E-state index >= 15 is 0 Å². The van der Waals surface area contributed by atoms with Crippen LogP contribution in [0.15, 0.2) is 36.5 Å². The Kier molecular flexibility index (Phi) is 4.17. The zero-order chi connectivity index (χ0) is 17.2. The molecule has 6 nitrogen and oxygen atoms in total. The SMILES string of the molecule is CC1CCCN(C(=O)c2ccc(Nc3ccc4c(c3)OCO4)cn2)C1. The van der Waals surface area contributed by atoms with Crippen molar-refractivity contribution >= 4 is 17.3 Å².